The van der Waals surface area contributed by atoms with Crippen LogP contribution in [0.25, 0.3) is 0 Å². The minimum Gasteiger partial charge on any atom is -0.439 e. The van der Waals surface area contributed by atoms with Gasteiger partial charge in [-0.05, 0) is 37.6 Å². The van der Waals surface area contributed by atoms with E-state index in [2.05, 4.69) is 38.1 Å². The van der Waals surface area contributed by atoms with Crippen molar-refractivity contribution in [1.29, 1.82) is 0 Å². The van der Waals surface area contributed by atoms with Gasteiger partial charge in [-0.25, -0.2) is 4.98 Å². The summed E-state index contributed by atoms with van der Waals surface area (Å²) in [5.74, 6) is 2.94. The van der Waals surface area contributed by atoms with Crippen LogP contribution in [0.2, 0.25) is 0 Å². The highest BCUT2D eigenvalue weighted by molar-refractivity contribution is 9.10. The monoisotopic (exact) mass is 335 g/mol. The van der Waals surface area contributed by atoms with Gasteiger partial charge in [0.25, 0.3) is 0 Å². The zero-order valence-electron chi connectivity index (χ0n) is 11.7. The highest BCUT2D eigenvalue weighted by atomic mass is 79.9. The summed E-state index contributed by atoms with van der Waals surface area (Å²) < 4.78 is 6.82. The second-order valence-electron chi connectivity index (χ2n) is 4.34. The van der Waals surface area contributed by atoms with Crippen LogP contribution in [0.5, 0.6) is 11.6 Å². The normalized spacial score (nSPS) is 10.3. The van der Waals surface area contributed by atoms with E-state index in [0.717, 1.165) is 41.3 Å². The van der Waals surface area contributed by atoms with E-state index in [4.69, 9.17) is 4.74 Å². The quantitative estimate of drug-likeness (QED) is 0.848. The van der Waals surface area contributed by atoms with Crippen LogP contribution < -0.4 is 10.1 Å². The molecule has 0 aliphatic heterocycles. The van der Waals surface area contributed by atoms with Gasteiger partial charge >= 0.3 is 0 Å². The molecule has 1 aromatic carbocycles. The Hall–Kier alpha value is -1.62. The van der Waals surface area contributed by atoms with Gasteiger partial charge in [0.2, 0.25) is 5.88 Å². The number of aromatic nitrogens is 2. The molecule has 0 atom stereocenters. The number of aryl methyl sites for hydroxylation is 1. The van der Waals surface area contributed by atoms with Gasteiger partial charge in [-0.2, -0.15) is 4.98 Å². The molecule has 1 heterocycles. The van der Waals surface area contributed by atoms with Crippen molar-refractivity contribution in [1.82, 2.24) is 9.97 Å². The number of hydrogen-bond acceptors (Lipinski definition) is 4. The Morgan fingerprint density at radius 3 is 2.55 bits per heavy atom. The summed E-state index contributed by atoms with van der Waals surface area (Å²) in [5, 5.41) is 3.20. The number of halogens is 1. The molecule has 2 aromatic rings. The highest BCUT2D eigenvalue weighted by Crippen LogP contribution is 2.23. The average molecular weight is 336 g/mol. The Bertz CT molecular complexity index is 533. The van der Waals surface area contributed by atoms with Gasteiger partial charge in [-0.1, -0.05) is 22.9 Å². The first kappa shape index (κ1) is 14.8. The molecule has 2 rings (SSSR count). The van der Waals surface area contributed by atoms with Crippen molar-refractivity contribution in [2.45, 2.75) is 26.7 Å². The zero-order chi connectivity index (χ0) is 14.4. The summed E-state index contributed by atoms with van der Waals surface area (Å²) >= 11 is 3.40. The predicted octanol–water partition coefficient (Wildman–Crippen LogP) is 4.42. The van der Waals surface area contributed by atoms with Gasteiger partial charge in [0.1, 0.15) is 17.4 Å². The van der Waals surface area contributed by atoms with Crippen molar-refractivity contribution < 1.29 is 4.74 Å². The summed E-state index contributed by atoms with van der Waals surface area (Å²) in [6.07, 6.45) is 1.85. The summed E-state index contributed by atoms with van der Waals surface area (Å²) in [7, 11) is 0. The van der Waals surface area contributed by atoms with E-state index in [1.165, 1.54) is 0 Å². The third kappa shape index (κ3) is 4.20. The van der Waals surface area contributed by atoms with E-state index in [9.17, 15) is 0 Å². The molecule has 0 aliphatic rings. The molecule has 0 radical (unpaired) electrons. The smallest absolute Gasteiger partial charge is 0.224 e. The lowest BCUT2D eigenvalue weighted by Crippen LogP contribution is -2.04. The Morgan fingerprint density at radius 1 is 1.15 bits per heavy atom. The maximum Gasteiger partial charge on any atom is 0.224 e. The van der Waals surface area contributed by atoms with E-state index in [1.807, 2.05) is 37.3 Å². The van der Waals surface area contributed by atoms with Gasteiger partial charge in [0, 0.05) is 23.5 Å². The van der Waals surface area contributed by atoms with Crippen molar-refractivity contribution in [3.8, 4) is 11.6 Å². The second-order valence-corrected chi connectivity index (χ2v) is 5.26. The molecule has 5 heteroatoms. The molecule has 0 amide bonds. The number of nitrogens with one attached hydrogen (secondary N) is 1. The van der Waals surface area contributed by atoms with Crippen molar-refractivity contribution in [3.05, 3.63) is 40.6 Å². The topological polar surface area (TPSA) is 47.0 Å². The first-order valence-electron chi connectivity index (χ1n) is 6.76. The largest absolute Gasteiger partial charge is 0.439 e. The number of ether oxygens (including phenoxy) is 1. The predicted molar refractivity (Wildman–Crippen MR) is 84.4 cm³/mol. The molecule has 0 fully saturated rings. The van der Waals surface area contributed by atoms with E-state index < -0.39 is 0 Å². The third-order valence-electron chi connectivity index (χ3n) is 2.62. The Kier molecular flexibility index (Phi) is 5.35. The molecule has 0 aliphatic carbocycles. The molecule has 1 N–H and O–H groups in total. The molecule has 0 spiro atoms. The Morgan fingerprint density at radius 2 is 1.90 bits per heavy atom. The van der Waals surface area contributed by atoms with Gasteiger partial charge in [-0.15, -0.1) is 0 Å². The van der Waals surface area contributed by atoms with Crippen molar-refractivity contribution >= 4 is 21.7 Å². The lowest BCUT2D eigenvalue weighted by Gasteiger charge is -2.09. The average Bonchev–Trinajstić information content (AvgIpc) is 2.42. The van der Waals surface area contributed by atoms with Crippen LogP contribution in [0.4, 0.5) is 5.82 Å². The number of rotatable bonds is 6. The Balaban J connectivity index is 2.22. The fraction of sp³-hybridized carbons (Fsp3) is 0.333. The third-order valence-corrected chi connectivity index (χ3v) is 3.15. The fourth-order valence-electron chi connectivity index (χ4n) is 1.76. The van der Waals surface area contributed by atoms with Crippen LogP contribution in [0, 0.1) is 0 Å². The van der Waals surface area contributed by atoms with Crippen LogP contribution in [-0.2, 0) is 6.42 Å². The zero-order valence-corrected chi connectivity index (χ0v) is 13.3. The Labute approximate surface area is 127 Å². The summed E-state index contributed by atoms with van der Waals surface area (Å²) in [6, 6.07) is 9.51. The molecular formula is C15H18BrN3O. The minimum atomic E-state index is 0.571. The van der Waals surface area contributed by atoms with Gasteiger partial charge in [0.05, 0.1) is 0 Å². The van der Waals surface area contributed by atoms with Crippen LogP contribution in [0.1, 0.15) is 26.1 Å². The molecule has 20 heavy (non-hydrogen) atoms. The molecule has 0 bridgehead atoms. The van der Waals surface area contributed by atoms with E-state index >= 15 is 0 Å². The lowest BCUT2D eigenvalue weighted by molar-refractivity contribution is 0.458. The van der Waals surface area contributed by atoms with Gasteiger partial charge in [-0.3, -0.25) is 0 Å². The van der Waals surface area contributed by atoms with Crippen molar-refractivity contribution in [2.24, 2.45) is 0 Å². The number of hydrogen-bond donors (Lipinski definition) is 1. The highest BCUT2D eigenvalue weighted by Gasteiger charge is 2.06. The molecule has 106 valence electrons. The van der Waals surface area contributed by atoms with Gasteiger partial charge < -0.3 is 10.1 Å². The molecular weight excluding hydrogens is 318 g/mol. The van der Waals surface area contributed by atoms with Crippen LogP contribution in [0.15, 0.2) is 34.8 Å². The summed E-state index contributed by atoms with van der Waals surface area (Å²) in [4.78, 5) is 8.90. The standard InChI is InChI=1S/C15H18BrN3O/c1-3-5-13-18-14(17-4-2)10-15(19-13)20-12-8-6-11(16)7-9-12/h6-10H,3-5H2,1-2H3,(H,17,18,19). The first-order valence-corrected chi connectivity index (χ1v) is 7.55. The van der Waals surface area contributed by atoms with Gasteiger partial charge in [0.15, 0.2) is 0 Å². The summed E-state index contributed by atoms with van der Waals surface area (Å²) in [5.41, 5.74) is 0. The summed E-state index contributed by atoms with van der Waals surface area (Å²) in [6.45, 7) is 4.97. The van der Waals surface area contributed by atoms with E-state index in [1.54, 1.807) is 0 Å². The van der Waals surface area contributed by atoms with Crippen LogP contribution in [0.3, 0.4) is 0 Å². The SMILES string of the molecule is CCCc1nc(NCC)cc(Oc2ccc(Br)cc2)n1. The maximum atomic E-state index is 5.80. The first-order chi connectivity index (χ1) is 9.71. The second kappa shape index (κ2) is 7.24. The molecule has 0 saturated carbocycles. The number of anilines is 1. The lowest BCUT2D eigenvalue weighted by atomic mass is 10.3. The fourth-order valence-corrected chi connectivity index (χ4v) is 2.02. The number of benzene rings is 1. The minimum absolute atomic E-state index is 0.571. The van der Waals surface area contributed by atoms with E-state index in [-0.39, 0.29) is 0 Å². The molecule has 4 nitrogen and oxygen atoms in total. The molecule has 0 unspecified atom stereocenters. The molecule has 1 aromatic heterocycles. The number of nitrogens with zero attached hydrogens (tertiary/aromatic N) is 2. The van der Waals surface area contributed by atoms with E-state index in [0.29, 0.717) is 5.88 Å². The van der Waals surface area contributed by atoms with Crippen molar-refractivity contribution in [3.63, 3.8) is 0 Å². The van der Waals surface area contributed by atoms with Crippen LogP contribution >= 0.6 is 15.9 Å². The maximum absolute atomic E-state index is 5.80. The van der Waals surface area contributed by atoms with Crippen molar-refractivity contribution in [2.75, 3.05) is 11.9 Å². The van der Waals surface area contributed by atoms with Crippen LogP contribution in [-0.4, -0.2) is 16.5 Å². The molecule has 0 saturated heterocycles.